The van der Waals surface area contributed by atoms with E-state index in [9.17, 15) is 19.5 Å². The van der Waals surface area contributed by atoms with Crippen molar-refractivity contribution in [2.45, 2.75) is 51.0 Å². The molecule has 0 aliphatic rings. The first-order chi connectivity index (χ1) is 16.4. The molecule has 0 fully saturated rings. The molecule has 0 bridgehead atoms. The number of aryl methyl sites for hydroxylation is 1. The SMILES string of the molecule is CCCCCCc1ccccc1C(NCCCP(=O)(O)O)(c1cccc(O)c1)c1ccccn1. The van der Waals surface area contributed by atoms with Crippen molar-refractivity contribution in [1.29, 1.82) is 0 Å². The number of nitrogens with zero attached hydrogens (tertiary/aromatic N) is 1. The molecule has 7 heteroatoms. The van der Waals surface area contributed by atoms with E-state index in [0.29, 0.717) is 13.0 Å². The van der Waals surface area contributed by atoms with Gasteiger partial charge in [0.05, 0.1) is 11.9 Å². The molecule has 0 spiro atoms. The molecule has 4 N–H and O–H groups in total. The van der Waals surface area contributed by atoms with Crippen LogP contribution in [0.15, 0.2) is 72.9 Å². The third-order valence-corrected chi connectivity index (χ3v) is 6.96. The van der Waals surface area contributed by atoms with E-state index >= 15 is 0 Å². The molecule has 182 valence electrons. The summed E-state index contributed by atoms with van der Waals surface area (Å²) in [5.74, 6) is 0.148. The van der Waals surface area contributed by atoms with E-state index in [0.717, 1.165) is 36.1 Å². The Morgan fingerprint density at radius 2 is 1.74 bits per heavy atom. The monoisotopic (exact) mass is 482 g/mol. The van der Waals surface area contributed by atoms with Crippen LogP contribution in [0.25, 0.3) is 0 Å². The van der Waals surface area contributed by atoms with Crippen molar-refractivity contribution in [1.82, 2.24) is 10.3 Å². The Labute approximate surface area is 202 Å². The minimum absolute atomic E-state index is 0.148. The van der Waals surface area contributed by atoms with Gasteiger partial charge in [0.15, 0.2) is 0 Å². The molecule has 3 rings (SSSR count). The van der Waals surface area contributed by atoms with Gasteiger partial charge < -0.3 is 14.9 Å². The lowest BCUT2D eigenvalue weighted by atomic mass is 9.76. The summed E-state index contributed by atoms with van der Waals surface area (Å²) in [6.07, 6.45) is 7.35. The van der Waals surface area contributed by atoms with Gasteiger partial charge in [0, 0.05) is 6.20 Å². The topological polar surface area (TPSA) is 103 Å². The van der Waals surface area contributed by atoms with Gasteiger partial charge in [0.25, 0.3) is 0 Å². The number of aromatic hydroxyl groups is 1. The number of hydrogen-bond donors (Lipinski definition) is 4. The van der Waals surface area contributed by atoms with E-state index in [1.165, 1.54) is 18.4 Å². The minimum atomic E-state index is -4.10. The predicted octanol–water partition coefficient (Wildman–Crippen LogP) is 5.36. The Bertz CT molecular complexity index is 1090. The van der Waals surface area contributed by atoms with Crippen molar-refractivity contribution in [3.8, 4) is 5.75 Å². The van der Waals surface area contributed by atoms with Gasteiger partial charge in [-0.1, -0.05) is 68.7 Å². The first kappa shape index (κ1) is 26.1. The van der Waals surface area contributed by atoms with E-state index in [-0.39, 0.29) is 11.9 Å². The highest BCUT2D eigenvalue weighted by Crippen LogP contribution is 2.40. The highest BCUT2D eigenvalue weighted by molar-refractivity contribution is 7.51. The van der Waals surface area contributed by atoms with E-state index in [1.807, 2.05) is 42.5 Å². The Morgan fingerprint density at radius 1 is 0.941 bits per heavy atom. The normalized spacial score (nSPS) is 13.5. The second kappa shape index (κ2) is 12.3. The highest BCUT2D eigenvalue weighted by atomic mass is 31.2. The van der Waals surface area contributed by atoms with Crippen LogP contribution in [0.5, 0.6) is 5.75 Å². The number of phenolic OH excluding ortho intramolecular Hbond substituents is 1. The Kier molecular flexibility index (Phi) is 9.43. The second-order valence-electron chi connectivity index (χ2n) is 8.65. The number of phenols is 1. The molecule has 0 radical (unpaired) electrons. The summed E-state index contributed by atoms with van der Waals surface area (Å²) in [5, 5.41) is 14.0. The molecule has 0 aliphatic heterocycles. The van der Waals surface area contributed by atoms with Crippen LogP contribution >= 0.6 is 7.60 Å². The molecule has 1 unspecified atom stereocenters. The van der Waals surface area contributed by atoms with E-state index in [4.69, 9.17) is 4.98 Å². The molecule has 1 aromatic heterocycles. The number of aromatic nitrogens is 1. The van der Waals surface area contributed by atoms with Gasteiger partial charge in [-0.15, -0.1) is 0 Å². The molecule has 1 heterocycles. The molecule has 0 amide bonds. The number of benzene rings is 2. The molecule has 1 atom stereocenters. The zero-order valence-corrected chi connectivity index (χ0v) is 20.6. The molecule has 34 heavy (non-hydrogen) atoms. The van der Waals surface area contributed by atoms with Gasteiger partial charge in [-0.3, -0.25) is 14.9 Å². The molecule has 6 nitrogen and oxygen atoms in total. The fourth-order valence-electron chi connectivity index (χ4n) is 4.46. The van der Waals surface area contributed by atoms with Crippen molar-refractivity contribution < 1.29 is 19.5 Å². The van der Waals surface area contributed by atoms with Gasteiger partial charge in [-0.05, 0) is 66.8 Å². The lowest BCUT2D eigenvalue weighted by molar-refractivity contribution is 0.369. The van der Waals surface area contributed by atoms with Crippen LogP contribution in [0.1, 0.15) is 61.4 Å². The second-order valence-corrected chi connectivity index (χ2v) is 10.4. The smallest absolute Gasteiger partial charge is 0.325 e. The highest BCUT2D eigenvalue weighted by Gasteiger charge is 2.39. The van der Waals surface area contributed by atoms with Crippen LogP contribution in [-0.4, -0.2) is 32.6 Å². The Morgan fingerprint density at radius 3 is 2.44 bits per heavy atom. The third kappa shape index (κ3) is 6.77. The summed E-state index contributed by atoms with van der Waals surface area (Å²) in [6.45, 7) is 2.56. The quantitative estimate of drug-likeness (QED) is 0.193. The van der Waals surface area contributed by atoms with E-state index in [1.54, 1.807) is 18.3 Å². The van der Waals surface area contributed by atoms with Crippen LogP contribution in [-0.2, 0) is 16.5 Å². The summed E-state index contributed by atoms with van der Waals surface area (Å²) in [4.78, 5) is 23.4. The molecule has 0 saturated heterocycles. The maximum atomic E-state index is 11.5. The van der Waals surface area contributed by atoms with Gasteiger partial charge in [-0.25, -0.2) is 0 Å². The number of nitrogens with one attached hydrogen (secondary N) is 1. The molecular weight excluding hydrogens is 447 g/mol. The largest absolute Gasteiger partial charge is 0.508 e. The van der Waals surface area contributed by atoms with Crippen LogP contribution in [0.2, 0.25) is 0 Å². The summed E-state index contributed by atoms with van der Waals surface area (Å²) in [5.41, 5.74) is 2.92. The number of pyridine rings is 1. The summed E-state index contributed by atoms with van der Waals surface area (Å²) < 4.78 is 11.5. The van der Waals surface area contributed by atoms with Crippen LogP contribution in [0, 0.1) is 0 Å². The molecule has 0 saturated carbocycles. The maximum Gasteiger partial charge on any atom is 0.325 e. The number of hydrogen-bond acceptors (Lipinski definition) is 4. The van der Waals surface area contributed by atoms with Gasteiger partial charge in [0.1, 0.15) is 11.3 Å². The lowest BCUT2D eigenvalue weighted by Gasteiger charge is -2.37. The number of rotatable bonds is 13. The van der Waals surface area contributed by atoms with Gasteiger partial charge in [-0.2, -0.15) is 0 Å². The Hall–Kier alpha value is -2.50. The number of unbranched alkanes of at least 4 members (excludes halogenated alkanes) is 3. The standard InChI is InChI=1S/C27H35N2O4P/c1-2-3-4-5-12-22-13-6-7-16-25(22)27(26-17-8-9-18-28-26,23-14-10-15-24(30)21-23)29-19-11-20-34(31,32)33/h6-10,13-18,21,29-30H,2-5,11-12,19-20H2,1H3,(H2,31,32,33). The molecule has 2 aromatic carbocycles. The van der Waals surface area contributed by atoms with E-state index < -0.39 is 13.1 Å². The zero-order chi connectivity index (χ0) is 24.4. The average molecular weight is 483 g/mol. The fraction of sp³-hybridized carbons (Fsp3) is 0.370. The molecule has 0 aliphatic carbocycles. The summed E-state index contributed by atoms with van der Waals surface area (Å²) in [7, 11) is -4.10. The first-order valence-electron chi connectivity index (χ1n) is 12.0. The van der Waals surface area contributed by atoms with E-state index in [2.05, 4.69) is 24.4 Å². The zero-order valence-electron chi connectivity index (χ0n) is 19.7. The van der Waals surface area contributed by atoms with Gasteiger partial charge in [0.2, 0.25) is 0 Å². The molecular formula is C27H35N2O4P. The molecule has 3 aromatic rings. The minimum Gasteiger partial charge on any atom is -0.508 e. The summed E-state index contributed by atoms with van der Waals surface area (Å²) in [6, 6.07) is 21.2. The van der Waals surface area contributed by atoms with Crippen molar-refractivity contribution in [3.05, 3.63) is 95.3 Å². The van der Waals surface area contributed by atoms with Crippen LogP contribution in [0.4, 0.5) is 0 Å². The van der Waals surface area contributed by atoms with Crippen molar-refractivity contribution >= 4 is 7.60 Å². The average Bonchev–Trinajstić information content (AvgIpc) is 2.82. The fourth-order valence-corrected chi connectivity index (χ4v) is 5.03. The third-order valence-electron chi connectivity index (χ3n) is 6.07. The van der Waals surface area contributed by atoms with Crippen LogP contribution in [0.3, 0.4) is 0 Å². The first-order valence-corrected chi connectivity index (χ1v) is 13.8. The van der Waals surface area contributed by atoms with Gasteiger partial charge >= 0.3 is 7.60 Å². The maximum absolute atomic E-state index is 11.5. The summed E-state index contributed by atoms with van der Waals surface area (Å²) >= 11 is 0. The predicted molar refractivity (Wildman–Crippen MR) is 136 cm³/mol. The van der Waals surface area contributed by atoms with Crippen molar-refractivity contribution in [3.63, 3.8) is 0 Å². The van der Waals surface area contributed by atoms with Crippen LogP contribution < -0.4 is 5.32 Å². The lowest BCUT2D eigenvalue weighted by Crippen LogP contribution is -2.46. The Balaban J connectivity index is 2.13. The van der Waals surface area contributed by atoms with Crippen molar-refractivity contribution in [2.24, 2.45) is 0 Å². The van der Waals surface area contributed by atoms with Crippen molar-refractivity contribution in [2.75, 3.05) is 12.7 Å².